The highest BCUT2D eigenvalue weighted by Gasteiger charge is 2.27. The molecule has 0 spiro atoms. The minimum absolute atomic E-state index is 0.795. The largest absolute Gasteiger partial charge is 0.311 e. The van der Waals surface area contributed by atoms with E-state index in [2.05, 4.69) is 17.1 Å². The Morgan fingerprint density at radius 1 is 0.905 bits per heavy atom. The van der Waals surface area contributed by atoms with Crippen LogP contribution in [-0.2, 0) is 0 Å². The Balaban J connectivity index is 1.54. The molecule has 21 heavy (non-hydrogen) atoms. The Bertz CT molecular complexity index is 248. The molecule has 1 aliphatic carbocycles. The predicted molar refractivity (Wildman–Crippen MR) is 92.8 cm³/mol. The van der Waals surface area contributed by atoms with Crippen molar-refractivity contribution in [3.05, 3.63) is 0 Å². The van der Waals surface area contributed by atoms with E-state index in [1.807, 2.05) is 0 Å². The van der Waals surface area contributed by atoms with Crippen LogP contribution < -0.4 is 5.32 Å². The summed E-state index contributed by atoms with van der Waals surface area (Å²) in [5.41, 5.74) is 0. The van der Waals surface area contributed by atoms with E-state index >= 15 is 0 Å². The molecule has 2 nitrogen and oxygen atoms in total. The van der Waals surface area contributed by atoms with Gasteiger partial charge in [0.15, 0.2) is 0 Å². The lowest BCUT2D eigenvalue weighted by Crippen LogP contribution is -2.54. The van der Waals surface area contributed by atoms with Crippen LogP contribution in [0.15, 0.2) is 0 Å². The molecule has 0 aromatic carbocycles. The molecule has 1 N–H and O–H groups in total. The fraction of sp³-hybridized carbons (Fsp3) is 1.00. The number of nitrogens with one attached hydrogen (secondary N) is 1. The molecular formula is C19H38N2. The van der Waals surface area contributed by atoms with Crippen LogP contribution in [0, 0.1) is 5.92 Å². The Kier molecular flexibility index (Phi) is 8.73. The van der Waals surface area contributed by atoms with Crippen molar-refractivity contribution in [1.82, 2.24) is 10.2 Å². The second-order valence-corrected chi connectivity index (χ2v) is 7.38. The van der Waals surface area contributed by atoms with Gasteiger partial charge in [-0.05, 0) is 31.7 Å². The lowest BCUT2D eigenvalue weighted by atomic mass is 9.83. The van der Waals surface area contributed by atoms with Crippen molar-refractivity contribution in [2.24, 2.45) is 5.92 Å². The molecule has 0 aromatic heterocycles. The molecule has 2 fully saturated rings. The minimum atomic E-state index is 0.795. The Hall–Kier alpha value is -0.0800. The summed E-state index contributed by atoms with van der Waals surface area (Å²) >= 11 is 0. The van der Waals surface area contributed by atoms with Gasteiger partial charge in [-0.15, -0.1) is 0 Å². The number of hydrogen-bond acceptors (Lipinski definition) is 2. The Morgan fingerprint density at radius 3 is 2.38 bits per heavy atom. The van der Waals surface area contributed by atoms with Crippen LogP contribution in [0.3, 0.4) is 0 Å². The van der Waals surface area contributed by atoms with E-state index in [0.717, 1.165) is 12.0 Å². The molecule has 0 bridgehead atoms. The van der Waals surface area contributed by atoms with Crippen molar-refractivity contribution in [1.29, 1.82) is 0 Å². The quantitative estimate of drug-likeness (QED) is 0.626. The number of unbranched alkanes of at least 4 members (excludes halogenated alkanes) is 6. The average Bonchev–Trinajstić information content (AvgIpc) is 2.55. The molecule has 1 aliphatic heterocycles. The first kappa shape index (κ1) is 17.3. The summed E-state index contributed by atoms with van der Waals surface area (Å²) in [6.07, 6.45) is 17.4. The van der Waals surface area contributed by atoms with Crippen molar-refractivity contribution >= 4 is 0 Å². The maximum Gasteiger partial charge on any atom is 0.0223 e. The summed E-state index contributed by atoms with van der Waals surface area (Å²) in [5, 5.41) is 3.80. The lowest BCUT2D eigenvalue weighted by molar-refractivity contribution is 0.144. The molecule has 2 rings (SSSR count). The number of piperazine rings is 1. The molecule has 0 radical (unpaired) electrons. The standard InChI is InChI=1S/C19H38N2/c1-2-3-4-5-6-7-11-15-21-16-14-20-19(17-21)18-12-9-8-10-13-18/h18-20H,2-17H2,1H3. The van der Waals surface area contributed by atoms with Crippen LogP contribution in [0.2, 0.25) is 0 Å². The third-order valence-corrected chi connectivity index (χ3v) is 5.59. The van der Waals surface area contributed by atoms with Gasteiger partial charge in [0, 0.05) is 25.7 Å². The van der Waals surface area contributed by atoms with Crippen LogP contribution in [0.1, 0.15) is 84.0 Å². The highest BCUT2D eigenvalue weighted by atomic mass is 15.2. The number of rotatable bonds is 9. The monoisotopic (exact) mass is 294 g/mol. The zero-order valence-electron chi connectivity index (χ0n) is 14.4. The molecule has 1 saturated heterocycles. The fourth-order valence-electron chi connectivity index (χ4n) is 4.19. The van der Waals surface area contributed by atoms with Gasteiger partial charge in [-0.3, -0.25) is 0 Å². The van der Waals surface area contributed by atoms with Crippen molar-refractivity contribution in [2.75, 3.05) is 26.2 Å². The third kappa shape index (κ3) is 6.69. The van der Waals surface area contributed by atoms with Crippen molar-refractivity contribution in [3.63, 3.8) is 0 Å². The van der Waals surface area contributed by atoms with Gasteiger partial charge in [0.2, 0.25) is 0 Å². The van der Waals surface area contributed by atoms with Crippen LogP contribution in [0.4, 0.5) is 0 Å². The van der Waals surface area contributed by atoms with Crippen LogP contribution >= 0.6 is 0 Å². The predicted octanol–water partition coefficient (Wildman–Crippen LogP) is 4.59. The van der Waals surface area contributed by atoms with Gasteiger partial charge in [0.25, 0.3) is 0 Å². The normalized spacial score (nSPS) is 25.3. The first-order chi connectivity index (χ1) is 10.4. The van der Waals surface area contributed by atoms with E-state index in [4.69, 9.17) is 0 Å². The van der Waals surface area contributed by atoms with Crippen molar-refractivity contribution in [3.8, 4) is 0 Å². The fourth-order valence-corrected chi connectivity index (χ4v) is 4.19. The second-order valence-electron chi connectivity index (χ2n) is 7.38. The highest BCUT2D eigenvalue weighted by Crippen LogP contribution is 2.27. The van der Waals surface area contributed by atoms with E-state index < -0.39 is 0 Å². The summed E-state index contributed by atoms with van der Waals surface area (Å²) in [4.78, 5) is 2.74. The molecule has 124 valence electrons. The number of nitrogens with zero attached hydrogens (tertiary/aromatic N) is 1. The average molecular weight is 295 g/mol. The van der Waals surface area contributed by atoms with Gasteiger partial charge in [-0.2, -0.15) is 0 Å². The molecular weight excluding hydrogens is 256 g/mol. The van der Waals surface area contributed by atoms with E-state index in [1.54, 1.807) is 0 Å². The summed E-state index contributed by atoms with van der Waals surface area (Å²) in [6, 6.07) is 0.795. The van der Waals surface area contributed by atoms with E-state index in [-0.39, 0.29) is 0 Å². The summed E-state index contributed by atoms with van der Waals surface area (Å²) in [5.74, 6) is 0.968. The van der Waals surface area contributed by atoms with Gasteiger partial charge >= 0.3 is 0 Å². The van der Waals surface area contributed by atoms with Crippen molar-refractivity contribution < 1.29 is 0 Å². The maximum atomic E-state index is 3.80. The first-order valence-corrected chi connectivity index (χ1v) is 9.86. The minimum Gasteiger partial charge on any atom is -0.311 e. The van der Waals surface area contributed by atoms with Gasteiger partial charge < -0.3 is 10.2 Å². The zero-order valence-corrected chi connectivity index (χ0v) is 14.4. The van der Waals surface area contributed by atoms with Crippen LogP contribution in [0.25, 0.3) is 0 Å². The Labute approximate surface area is 133 Å². The van der Waals surface area contributed by atoms with Gasteiger partial charge in [0.1, 0.15) is 0 Å². The third-order valence-electron chi connectivity index (χ3n) is 5.59. The second kappa shape index (κ2) is 10.6. The highest BCUT2D eigenvalue weighted by molar-refractivity contribution is 4.85. The molecule has 1 atom stereocenters. The molecule has 2 heteroatoms. The van der Waals surface area contributed by atoms with Crippen LogP contribution in [0.5, 0.6) is 0 Å². The molecule has 0 amide bonds. The topological polar surface area (TPSA) is 15.3 Å². The SMILES string of the molecule is CCCCCCCCCN1CCNC(C2CCCCC2)C1. The summed E-state index contributed by atoms with van der Waals surface area (Å²) in [7, 11) is 0. The smallest absolute Gasteiger partial charge is 0.0223 e. The Morgan fingerprint density at radius 2 is 1.62 bits per heavy atom. The molecule has 1 saturated carbocycles. The van der Waals surface area contributed by atoms with Gasteiger partial charge in [-0.25, -0.2) is 0 Å². The van der Waals surface area contributed by atoms with Gasteiger partial charge in [-0.1, -0.05) is 64.7 Å². The molecule has 2 aliphatic rings. The lowest BCUT2D eigenvalue weighted by Gasteiger charge is -2.39. The zero-order chi connectivity index (χ0) is 14.8. The van der Waals surface area contributed by atoms with Gasteiger partial charge in [0.05, 0.1) is 0 Å². The van der Waals surface area contributed by atoms with Crippen molar-refractivity contribution in [2.45, 2.75) is 90.0 Å². The summed E-state index contributed by atoms with van der Waals surface area (Å²) in [6.45, 7) is 7.46. The summed E-state index contributed by atoms with van der Waals surface area (Å²) < 4.78 is 0. The van der Waals surface area contributed by atoms with E-state index in [0.29, 0.717) is 0 Å². The maximum absolute atomic E-state index is 3.80. The first-order valence-electron chi connectivity index (χ1n) is 9.86. The van der Waals surface area contributed by atoms with E-state index in [1.165, 1.54) is 103 Å². The van der Waals surface area contributed by atoms with E-state index in [9.17, 15) is 0 Å². The van der Waals surface area contributed by atoms with Crippen LogP contribution in [-0.4, -0.2) is 37.1 Å². The molecule has 1 heterocycles. The number of hydrogen-bond donors (Lipinski definition) is 1. The molecule has 1 unspecified atom stereocenters. The molecule has 0 aromatic rings.